The molecular weight excluding hydrogens is 310 g/mol. The van der Waals surface area contributed by atoms with Gasteiger partial charge in [0, 0.05) is 12.1 Å². The predicted octanol–water partition coefficient (Wildman–Crippen LogP) is 4.52. The van der Waals surface area contributed by atoms with E-state index < -0.39 is 0 Å². The lowest BCUT2D eigenvalue weighted by molar-refractivity contribution is 0.219. The molecule has 2 aromatic carbocycles. The van der Waals surface area contributed by atoms with Gasteiger partial charge < -0.3 is 4.74 Å². The zero-order valence-corrected chi connectivity index (χ0v) is 14.5. The highest BCUT2D eigenvalue weighted by Gasteiger charge is 2.16. The Morgan fingerprint density at radius 2 is 1.80 bits per heavy atom. The summed E-state index contributed by atoms with van der Waals surface area (Å²) in [7, 11) is 0. The van der Waals surface area contributed by atoms with E-state index in [4.69, 9.17) is 4.74 Å². The summed E-state index contributed by atoms with van der Waals surface area (Å²) in [6.45, 7) is 5.14. The molecule has 1 aliphatic heterocycles. The summed E-state index contributed by atoms with van der Waals surface area (Å²) in [5, 5.41) is 18.6. The highest BCUT2D eigenvalue weighted by molar-refractivity contribution is 5.55. The predicted molar refractivity (Wildman–Crippen MR) is 96.3 cm³/mol. The minimum absolute atomic E-state index is 0.287. The first-order valence-electron chi connectivity index (χ1n) is 8.64. The normalized spacial score (nSPS) is 14.5. The molecule has 0 atom stereocenters. The monoisotopic (exact) mass is 331 g/mol. The summed E-state index contributed by atoms with van der Waals surface area (Å²) in [4.78, 5) is 2.45. The van der Waals surface area contributed by atoms with Crippen LogP contribution in [0.4, 0.5) is 0 Å². The summed E-state index contributed by atoms with van der Waals surface area (Å²) in [6, 6.07) is 15.4. The van der Waals surface area contributed by atoms with E-state index in [2.05, 4.69) is 30.0 Å². The number of ether oxygens (including phenoxy) is 1. The summed E-state index contributed by atoms with van der Waals surface area (Å²) in [5.41, 5.74) is 2.93. The van der Waals surface area contributed by atoms with Crippen molar-refractivity contribution < 1.29 is 4.74 Å². The van der Waals surface area contributed by atoms with E-state index in [1.165, 1.54) is 24.8 Å². The van der Waals surface area contributed by atoms with Crippen molar-refractivity contribution in [2.24, 2.45) is 0 Å². The molecule has 0 bridgehead atoms. The third kappa shape index (κ3) is 3.99. The van der Waals surface area contributed by atoms with Gasteiger partial charge in [0.05, 0.1) is 5.56 Å². The lowest BCUT2D eigenvalue weighted by atomic mass is 10.1. The zero-order chi connectivity index (χ0) is 17.6. The van der Waals surface area contributed by atoms with Crippen LogP contribution in [0.25, 0.3) is 0 Å². The Bertz CT molecular complexity index is 839. The standard InChI is InChI=1S/C21H21N3O/c1-16-8-9-20(18(12-16)15-24-10-3-2-4-11-24)25-21-7-5-6-17(13-22)19(21)14-23/h5-9,12H,2-4,10-11,15H2,1H3. The van der Waals surface area contributed by atoms with Gasteiger partial charge in [0.25, 0.3) is 0 Å². The van der Waals surface area contributed by atoms with Crippen LogP contribution in [0.1, 0.15) is 41.5 Å². The lowest BCUT2D eigenvalue weighted by Gasteiger charge is -2.27. The molecular formula is C21H21N3O. The zero-order valence-electron chi connectivity index (χ0n) is 14.5. The van der Waals surface area contributed by atoms with E-state index in [-0.39, 0.29) is 5.56 Å². The summed E-state index contributed by atoms with van der Waals surface area (Å²) < 4.78 is 6.07. The number of aryl methyl sites for hydroxylation is 1. The number of piperidine rings is 1. The van der Waals surface area contributed by atoms with Gasteiger partial charge in [-0.15, -0.1) is 0 Å². The average Bonchev–Trinajstić information content (AvgIpc) is 2.64. The second kappa shape index (κ2) is 7.83. The molecule has 0 spiro atoms. The van der Waals surface area contributed by atoms with E-state index in [0.29, 0.717) is 11.3 Å². The Balaban J connectivity index is 1.90. The molecule has 1 fully saturated rings. The van der Waals surface area contributed by atoms with E-state index in [9.17, 15) is 10.5 Å². The van der Waals surface area contributed by atoms with Crippen LogP contribution in [0.5, 0.6) is 11.5 Å². The van der Waals surface area contributed by atoms with Crippen LogP contribution in [0.3, 0.4) is 0 Å². The molecule has 0 radical (unpaired) electrons. The van der Waals surface area contributed by atoms with Gasteiger partial charge in [-0.05, 0) is 51.1 Å². The topological polar surface area (TPSA) is 60.0 Å². The maximum absolute atomic E-state index is 9.39. The molecule has 1 aliphatic rings. The van der Waals surface area contributed by atoms with Gasteiger partial charge >= 0.3 is 0 Å². The maximum Gasteiger partial charge on any atom is 0.146 e. The highest BCUT2D eigenvalue weighted by Crippen LogP contribution is 2.31. The molecule has 4 heteroatoms. The molecule has 0 amide bonds. The first-order valence-corrected chi connectivity index (χ1v) is 8.64. The van der Waals surface area contributed by atoms with Crippen LogP contribution in [-0.4, -0.2) is 18.0 Å². The molecule has 0 unspecified atom stereocenters. The number of hydrogen-bond acceptors (Lipinski definition) is 4. The van der Waals surface area contributed by atoms with Gasteiger partial charge in [-0.25, -0.2) is 0 Å². The molecule has 126 valence electrons. The average molecular weight is 331 g/mol. The Morgan fingerprint density at radius 3 is 2.52 bits per heavy atom. The van der Waals surface area contributed by atoms with Crippen LogP contribution in [-0.2, 0) is 6.54 Å². The minimum Gasteiger partial charge on any atom is -0.456 e. The van der Waals surface area contributed by atoms with Crippen LogP contribution in [0.15, 0.2) is 36.4 Å². The van der Waals surface area contributed by atoms with Crippen molar-refractivity contribution >= 4 is 0 Å². The Morgan fingerprint density at radius 1 is 1.00 bits per heavy atom. The van der Waals surface area contributed by atoms with E-state index in [1.807, 2.05) is 12.1 Å². The molecule has 0 saturated carbocycles. The van der Waals surface area contributed by atoms with Crippen molar-refractivity contribution in [1.29, 1.82) is 10.5 Å². The minimum atomic E-state index is 0.287. The largest absolute Gasteiger partial charge is 0.456 e. The lowest BCUT2D eigenvalue weighted by Crippen LogP contribution is -2.29. The Hall–Kier alpha value is -2.82. The second-order valence-corrected chi connectivity index (χ2v) is 6.45. The van der Waals surface area contributed by atoms with E-state index in [1.54, 1.807) is 18.2 Å². The van der Waals surface area contributed by atoms with Crippen molar-refractivity contribution in [2.75, 3.05) is 13.1 Å². The maximum atomic E-state index is 9.39. The molecule has 0 aliphatic carbocycles. The molecule has 0 aromatic heterocycles. The molecule has 2 aromatic rings. The van der Waals surface area contributed by atoms with Gasteiger partial charge in [-0.1, -0.05) is 30.2 Å². The van der Waals surface area contributed by atoms with Gasteiger partial charge in [0.15, 0.2) is 0 Å². The van der Waals surface area contributed by atoms with Gasteiger partial charge in [0.1, 0.15) is 29.2 Å². The third-order valence-electron chi connectivity index (χ3n) is 4.54. The summed E-state index contributed by atoms with van der Waals surface area (Å²) in [5.74, 6) is 1.19. The van der Waals surface area contributed by atoms with Crippen LogP contribution in [0.2, 0.25) is 0 Å². The molecule has 3 rings (SSSR count). The number of nitrogens with zero attached hydrogens (tertiary/aromatic N) is 3. The Labute approximate surface area is 148 Å². The Kier molecular flexibility index (Phi) is 5.33. The first kappa shape index (κ1) is 17.0. The van der Waals surface area contributed by atoms with Crippen LogP contribution in [0, 0.1) is 29.6 Å². The van der Waals surface area contributed by atoms with Crippen molar-refractivity contribution in [3.05, 3.63) is 58.7 Å². The molecule has 25 heavy (non-hydrogen) atoms. The van der Waals surface area contributed by atoms with Crippen molar-refractivity contribution in [2.45, 2.75) is 32.7 Å². The molecule has 0 N–H and O–H groups in total. The van der Waals surface area contributed by atoms with E-state index in [0.717, 1.165) is 30.9 Å². The van der Waals surface area contributed by atoms with Crippen LogP contribution < -0.4 is 4.74 Å². The smallest absolute Gasteiger partial charge is 0.146 e. The molecule has 1 heterocycles. The van der Waals surface area contributed by atoms with Gasteiger partial charge in [-0.2, -0.15) is 10.5 Å². The van der Waals surface area contributed by atoms with Gasteiger partial charge in [0.2, 0.25) is 0 Å². The molecule has 1 saturated heterocycles. The first-order chi connectivity index (χ1) is 12.2. The number of nitriles is 2. The summed E-state index contributed by atoms with van der Waals surface area (Å²) >= 11 is 0. The molecule has 4 nitrogen and oxygen atoms in total. The fourth-order valence-corrected chi connectivity index (χ4v) is 3.23. The highest BCUT2D eigenvalue weighted by atomic mass is 16.5. The summed E-state index contributed by atoms with van der Waals surface area (Å²) in [6.07, 6.45) is 3.79. The quantitative estimate of drug-likeness (QED) is 0.826. The third-order valence-corrected chi connectivity index (χ3v) is 4.54. The fourth-order valence-electron chi connectivity index (χ4n) is 3.23. The number of likely N-dealkylation sites (tertiary alicyclic amines) is 1. The van der Waals surface area contributed by atoms with Crippen LogP contribution >= 0.6 is 0 Å². The fraction of sp³-hybridized carbons (Fsp3) is 0.333. The van der Waals surface area contributed by atoms with Crippen molar-refractivity contribution in [1.82, 2.24) is 4.90 Å². The van der Waals surface area contributed by atoms with E-state index >= 15 is 0 Å². The van der Waals surface area contributed by atoms with Gasteiger partial charge in [-0.3, -0.25) is 4.90 Å². The number of hydrogen-bond donors (Lipinski definition) is 0. The second-order valence-electron chi connectivity index (χ2n) is 6.45. The number of benzene rings is 2. The van der Waals surface area contributed by atoms with Crippen molar-refractivity contribution in [3.8, 4) is 23.6 Å². The number of rotatable bonds is 4. The van der Waals surface area contributed by atoms with Crippen molar-refractivity contribution in [3.63, 3.8) is 0 Å². The SMILES string of the molecule is Cc1ccc(Oc2cccc(C#N)c2C#N)c(CN2CCCCC2)c1.